The fraction of sp³-hybridized carbons (Fsp3) is 0.429. The van der Waals surface area contributed by atoms with Gasteiger partial charge >= 0.3 is 5.97 Å². The van der Waals surface area contributed by atoms with Crippen molar-refractivity contribution >= 4 is 63.5 Å². The third-order valence-corrected chi connectivity index (χ3v) is 14.8. The standard InChI is InChI=1S/C42H53N3O16S4/c1-41(2)32-28-30(64(55,56)57)17-19-34(32)43(24-10-5-8-16-40(48)61-45-38(46)21-22-39(45)47)36(41)14-6-4-7-15-37-42(3,23-9-12-26-62(49,50)51)33-29-31(65(58,59)60)18-20-35(33)44(37)25-11-13-27-63(52,53)54/h4,6-7,14-15,17-22,28-29H,5,8-13,16,23-27H2,1-3H3,(H5-,46,47,49,50,51,52,53,54,55,56,57,58,59,60)/p+1. The summed E-state index contributed by atoms with van der Waals surface area (Å²) >= 11 is 0. The minimum Gasteiger partial charge on any atom is -0.492 e. The van der Waals surface area contributed by atoms with Crippen molar-refractivity contribution in [1.29, 1.82) is 0 Å². The van der Waals surface area contributed by atoms with Gasteiger partial charge in [0.1, 0.15) is 6.54 Å². The summed E-state index contributed by atoms with van der Waals surface area (Å²) in [5.41, 5.74) is 2.04. The Kier molecular flexibility index (Phi) is 15.7. The SMILES string of the molecule is CC1(C)C(C=CC=CC=C2N(CCCCS(=O)(=O)O)c3ccc(S(=O)(=O)O)cc3C2(C)CCCCS(=O)(=O)O)=[N+](CCCCCC(=O)On2c(O)ccc2O)c2ccc(S(=O)(=O)O)cc21. The molecule has 0 radical (unpaired) electrons. The highest BCUT2D eigenvalue weighted by Gasteiger charge is 2.45. The molecule has 3 aromatic rings. The predicted octanol–water partition coefficient (Wildman–Crippen LogP) is 5.49. The number of anilines is 1. The second-order valence-electron chi connectivity index (χ2n) is 16.6. The van der Waals surface area contributed by atoms with Crippen LogP contribution in [0.1, 0.15) is 89.7 Å². The number of rotatable bonds is 22. The Morgan fingerprint density at radius 1 is 0.692 bits per heavy atom. The molecule has 1 aromatic heterocycles. The van der Waals surface area contributed by atoms with E-state index < -0.39 is 80.5 Å². The molecule has 19 nitrogen and oxygen atoms in total. The summed E-state index contributed by atoms with van der Waals surface area (Å²) in [5, 5.41) is 19.5. The van der Waals surface area contributed by atoms with Crippen LogP contribution >= 0.6 is 0 Å². The monoisotopic (exact) mass is 984 g/mol. The van der Waals surface area contributed by atoms with Gasteiger partial charge in [-0.2, -0.15) is 38.2 Å². The quantitative estimate of drug-likeness (QED) is 0.0314. The number of aromatic hydroxyl groups is 2. The van der Waals surface area contributed by atoms with Crippen molar-refractivity contribution in [3.8, 4) is 11.8 Å². The normalized spacial score (nSPS) is 18.3. The van der Waals surface area contributed by atoms with Crippen molar-refractivity contribution < 1.29 is 76.3 Å². The molecule has 0 fully saturated rings. The third-order valence-electron chi connectivity index (χ3n) is 11.5. The Balaban J connectivity index is 1.46. The lowest BCUT2D eigenvalue weighted by Crippen LogP contribution is -2.29. The summed E-state index contributed by atoms with van der Waals surface area (Å²) in [6.45, 7) is 6.30. The lowest BCUT2D eigenvalue weighted by Gasteiger charge is -2.30. The fourth-order valence-corrected chi connectivity index (χ4v) is 10.4. The van der Waals surface area contributed by atoms with Crippen LogP contribution in [-0.2, 0) is 56.1 Å². The maximum atomic E-state index is 12.4. The van der Waals surface area contributed by atoms with Crippen LogP contribution in [-0.4, -0.2) is 108 Å². The van der Waals surface area contributed by atoms with Gasteiger partial charge in [0.2, 0.25) is 17.4 Å². The minimum absolute atomic E-state index is 0.00791. The summed E-state index contributed by atoms with van der Waals surface area (Å²) in [6.07, 6.45) is 11.4. The molecule has 0 saturated carbocycles. The third kappa shape index (κ3) is 12.7. The molecule has 5 rings (SSSR count). The molecule has 2 aromatic carbocycles. The van der Waals surface area contributed by atoms with Crippen LogP contribution in [0.4, 0.5) is 11.4 Å². The fourth-order valence-electron chi connectivity index (χ4n) is 8.29. The minimum atomic E-state index is -4.64. The van der Waals surface area contributed by atoms with E-state index >= 15 is 0 Å². The Morgan fingerprint density at radius 2 is 1.28 bits per heavy atom. The number of carbonyl (C=O) groups is 1. The number of benzene rings is 2. The first-order chi connectivity index (χ1) is 30.1. The summed E-state index contributed by atoms with van der Waals surface area (Å²) in [5.74, 6) is -2.54. The van der Waals surface area contributed by atoms with Gasteiger partial charge in [0.25, 0.3) is 40.5 Å². The number of carbonyl (C=O) groups excluding carboxylic acids is 1. The van der Waals surface area contributed by atoms with Crippen molar-refractivity contribution in [2.45, 2.75) is 99.2 Å². The van der Waals surface area contributed by atoms with Gasteiger partial charge in [0, 0.05) is 66.0 Å². The molecule has 2 aliphatic heterocycles. The van der Waals surface area contributed by atoms with Gasteiger partial charge in [0.05, 0.1) is 26.7 Å². The molecule has 0 aliphatic carbocycles. The molecular weight excluding hydrogens is 931 g/mol. The maximum absolute atomic E-state index is 12.4. The Morgan fingerprint density at radius 3 is 1.88 bits per heavy atom. The average molecular weight is 985 g/mol. The molecular formula is C42H54N3O16S4+. The van der Waals surface area contributed by atoms with E-state index in [0.29, 0.717) is 58.7 Å². The highest BCUT2D eigenvalue weighted by atomic mass is 32.2. The van der Waals surface area contributed by atoms with Gasteiger partial charge in [-0.25, -0.2) is 4.79 Å². The molecule has 356 valence electrons. The van der Waals surface area contributed by atoms with Crippen LogP contribution in [0.15, 0.2) is 94.4 Å². The zero-order valence-corrected chi connectivity index (χ0v) is 39.2. The van der Waals surface area contributed by atoms with Crippen LogP contribution in [0.5, 0.6) is 11.8 Å². The van der Waals surface area contributed by atoms with E-state index in [2.05, 4.69) is 0 Å². The van der Waals surface area contributed by atoms with Gasteiger partial charge in [0.15, 0.2) is 5.71 Å². The highest BCUT2D eigenvalue weighted by molar-refractivity contribution is 7.86. The van der Waals surface area contributed by atoms with Gasteiger partial charge < -0.3 is 20.0 Å². The molecule has 6 N–H and O–H groups in total. The molecule has 23 heteroatoms. The van der Waals surface area contributed by atoms with E-state index in [0.717, 1.165) is 5.71 Å². The van der Waals surface area contributed by atoms with Gasteiger partial charge in [-0.05, 0) is 101 Å². The molecule has 0 amide bonds. The molecule has 0 spiro atoms. The summed E-state index contributed by atoms with van der Waals surface area (Å²) in [7, 11) is -17.7. The van der Waals surface area contributed by atoms with Crippen molar-refractivity contribution in [3.63, 3.8) is 0 Å². The first-order valence-electron chi connectivity index (χ1n) is 20.6. The molecule has 0 saturated heterocycles. The summed E-state index contributed by atoms with van der Waals surface area (Å²) in [4.78, 5) is 18.6. The maximum Gasteiger partial charge on any atom is 0.333 e. The van der Waals surface area contributed by atoms with E-state index in [1.807, 2.05) is 36.3 Å². The lowest BCUT2D eigenvalue weighted by atomic mass is 9.77. The number of hydrogen-bond acceptors (Lipinski definition) is 13. The van der Waals surface area contributed by atoms with Crippen LogP contribution in [0.25, 0.3) is 0 Å². The van der Waals surface area contributed by atoms with E-state index in [1.165, 1.54) is 42.5 Å². The van der Waals surface area contributed by atoms with Crippen molar-refractivity contribution in [1.82, 2.24) is 4.73 Å². The number of allylic oxidation sites excluding steroid dienone is 6. The van der Waals surface area contributed by atoms with Crippen LogP contribution in [0.2, 0.25) is 0 Å². The van der Waals surface area contributed by atoms with E-state index in [1.54, 1.807) is 30.4 Å². The molecule has 2 aliphatic rings. The molecule has 3 heterocycles. The number of unbranched alkanes of at least 4 members (excludes halogenated alkanes) is 4. The van der Waals surface area contributed by atoms with E-state index in [9.17, 15) is 66.9 Å². The second kappa shape index (κ2) is 19.9. The van der Waals surface area contributed by atoms with Gasteiger partial charge in [-0.3, -0.25) is 18.2 Å². The lowest BCUT2D eigenvalue weighted by molar-refractivity contribution is -0.438. The predicted molar refractivity (Wildman–Crippen MR) is 240 cm³/mol. The Labute approximate surface area is 379 Å². The molecule has 1 unspecified atom stereocenters. The highest BCUT2D eigenvalue weighted by Crippen LogP contribution is 2.51. The number of hydrogen-bond donors (Lipinski definition) is 6. The van der Waals surface area contributed by atoms with Crippen LogP contribution in [0, 0.1) is 0 Å². The first kappa shape index (κ1) is 51.1. The molecule has 1 atom stereocenters. The average Bonchev–Trinajstić information content (AvgIpc) is 3.71. The number of nitrogens with zero attached hydrogens (tertiary/aromatic N) is 3. The van der Waals surface area contributed by atoms with Crippen LogP contribution < -0.4 is 9.74 Å². The van der Waals surface area contributed by atoms with Crippen molar-refractivity contribution in [2.24, 2.45) is 0 Å². The smallest absolute Gasteiger partial charge is 0.333 e. The number of fused-ring (bicyclic) bond motifs is 2. The van der Waals surface area contributed by atoms with Gasteiger partial charge in [-0.15, -0.1) is 4.73 Å². The molecule has 0 bridgehead atoms. The van der Waals surface area contributed by atoms with Gasteiger partial charge in [-0.1, -0.05) is 24.6 Å². The van der Waals surface area contributed by atoms with Crippen LogP contribution in [0.3, 0.4) is 0 Å². The Hall–Kier alpha value is -4.88. The van der Waals surface area contributed by atoms with Crippen molar-refractivity contribution in [2.75, 3.05) is 29.5 Å². The van der Waals surface area contributed by atoms with E-state index in [-0.39, 0.29) is 54.9 Å². The zero-order valence-electron chi connectivity index (χ0n) is 35.9. The largest absolute Gasteiger partial charge is 0.492 e. The summed E-state index contributed by atoms with van der Waals surface area (Å²) in [6, 6.07) is 10.8. The first-order valence-corrected chi connectivity index (χ1v) is 26.7. The summed E-state index contributed by atoms with van der Waals surface area (Å²) < 4.78 is 136. The van der Waals surface area contributed by atoms with Crippen molar-refractivity contribution in [3.05, 3.63) is 95.7 Å². The second-order valence-corrected chi connectivity index (χ2v) is 22.6. The Bertz CT molecular complexity index is 2860. The molecule has 65 heavy (non-hydrogen) atoms. The van der Waals surface area contributed by atoms with E-state index in [4.69, 9.17) is 4.84 Å². The number of aromatic nitrogens is 1. The topological polar surface area (TPSA) is 295 Å². The zero-order chi connectivity index (χ0) is 48.2.